The van der Waals surface area contributed by atoms with Crippen LogP contribution in [0.4, 0.5) is 0 Å². The van der Waals surface area contributed by atoms with E-state index in [9.17, 15) is 9.90 Å². The highest BCUT2D eigenvalue weighted by Gasteiger charge is 2.00. The maximum absolute atomic E-state index is 10.8. The first-order chi connectivity index (χ1) is 5.31. The zero-order chi connectivity index (χ0) is 8.53. The molecule has 0 unspecified atom stereocenters. The van der Waals surface area contributed by atoms with Gasteiger partial charge in [-0.3, -0.25) is 4.79 Å². The van der Waals surface area contributed by atoms with Crippen LogP contribution in [0.2, 0.25) is 0 Å². The molecule has 0 aliphatic heterocycles. The summed E-state index contributed by atoms with van der Waals surface area (Å²) >= 11 is 0. The van der Waals surface area contributed by atoms with Gasteiger partial charge in [0.2, 0.25) is 0 Å². The third kappa shape index (κ3) is 7.33. The Labute approximate surface area is 67.4 Å². The smallest absolute Gasteiger partial charge is 0.305 e. The minimum Gasteiger partial charge on any atom is -0.466 e. The molecular weight excluding hydrogens is 144 g/mol. The van der Waals surface area contributed by atoms with Gasteiger partial charge in [-0.15, -0.1) is 0 Å². The molecule has 0 saturated heterocycles. The van der Waals surface area contributed by atoms with E-state index in [0.717, 1.165) is 6.42 Å². The van der Waals surface area contributed by atoms with Crippen molar-refractivity contribution in [3.8, 4) is 0 Å². The predicted octanol–water partition coefficient (Wildman–Crippen LogP) is 1.54. The Kier molecular flexibility index (Phi) is 7.15. The van der Waals surface area contributed by atoms with Crippen molar-refractivity contribution in [1.82, 2.24) is 0 Å². The molecule has 65 valence electrons. The summed E-state index contributed by atoms with van der Waals surface area (Å²) in [6, 6.07) is 0. The summed E-state index contributed by atoms with van der Waals surface area (Å²) in [6.45, 7) is 2.35. The van der Waals surface area contributed by atoms with E-state index in [1.165, 1.54) is 0 Å². The molecule has 0 aromatic heterocycles. The van der Waals surface area contributed by atoms with E-state index >= 15 is 0 Å². The van der Waals surface area contributed by atoms with E-state index in [-0.39, 0.29) is 12.6 Å². The topological polar surface area (TPSA) is 46.2 Å². The standard InChI is InChI=1S/C8H15O3/c1-2-7-11-8(10)5-3-4-6-9/h2-7H2,1H3. The highest BCUT2D eigenvalue weighted by atomic mass is 16.5. The predicted molar refractivity (Wildman–Crippen MR) is 40.7 cm³/mol. The summed E-state index contributed by atoms with van der Waals surface area (Å²) in [5.74, 6) is -0.180. The first-order valence-electron chi connectivity index (χ1n) is 4.05. The number of rotatable bonds is 6. The van der Waals surface area contributed by atoms with Crippen molar-refractivity contribution in [3.63, 3.8) is 0 Å². The molecule has 11 heavy (non-hydrogen) atoms. The SMILES string of the molecule is CCCOC(=O)CCCC[O]. The maximum atomic E-state index is 10.8. The maximum Gasteiger partial charge on any atom is 0.305 e. The Hall–Kier alpha value is -0.570. The van der Waals surface area contributed by atoms with E-state index in [4.69, 9.17) is 4.74 Å². The van der Waals surface area contributed by atoms with Gasteiger partial charge in [0.05, 0.1) is 13.2 Å². The molecule has 0 aromatic rings. The number of carbonyl (C=O) groups is 1. The van der Waals surface area contributed by atoms with Crippen molar-refractivity contribution in [3.05, 3.63) is 0 Å². The van der Waals surface area contributed by atoms with Crippen molar-refractivity contribution in [2.75, 3.05) is 13.2 Å². The molecule has 0 N–H and O–H groups in total. The largest absolute Gasteiger partial charge is 0.466 e. The third-order valence-electron chi connectivity index (χ3n) is 1.24. The molecule has 0 aliphatic rings. The lowest BCUT2D eigenvalue weighted by atomic mass is 10.2. The zero-order valence-electron chi connectivity index (χ0n) is 6.97. The van der Waals surface area contributed by atoms with Crippen LogP contribution in [-0.2, 0) is 14.6 Å². The molecule has 1 radical (unpaired) electrons. The van der Waals surface area contributed by atoms with Crippen LogP contribution in [0, 0.1) is 0 Å². The lowest BCUT2D eigenvalue weighted by molar-refractivity contribution is -0.143. The Bertz CT molecular complexity index is 102. The first-order valence-corrected chi connectivity index (χ1v) is 4.05. The molecule has 0 aromatic carbocycles. The zero-order valence-corrected chi connectivity index (χ0v) is 6.97. The van der Waals surface area contributed by atoms with Gasteiger partial charge in [0.15, 0.2) is 0 Å². The third-order valence-corrected chi connectivity index (χ3v) is 1.24. The second-order valence-corrected chi connectivity index (χ2v) is 2.38. The Balaban J connectivity index is 3.09. The summed E-state index contributed by atoms with van der Waals surface area (Å²) < 4.78 is 4.80. The fourth-order valence-electron chi connectivity index (χ4n) is 0.659. The second kappa shape index (κ2) is 7.54. The van der Waals surface area contributed by atoms with E-state index < -0.39 is 0 Å². The number of hydrogen-bond acceptors (Lipinski definition) is 2. The van der Waals surface area contributed by atoms with E-state index in [0.29, 0.717) is 25.9 Å². The van der Waals surface area contributed by atoms with Crippen molar-refractivity contribution < 1.29 is 14.6 Å². The Morgan fingerprint density at radius 2 is 2.09 bits per heavy atom. The quantitative estimate of drug-likeness (QED) is 0.436. The van der Waals surface area contributed by atoms with Crippen LogP contribution in [0.15, 0.2) is 0 Å². The van der Waals surface area contributed by atoms with E-state index in [2.05, 4.69) is 0 Å². The van der Waals surface area contributed by atoms with Crippen LogP contribution in [0.5, 0.6) is 0 Å². The number of hydrogen-bond donors (Lipinski definition) is 0. The molecule has 0 heterocycles. The van der Waals surface area contributed by atoms with E-state index in [1.807, 2.05) is 6.92 Å². The van der Waals surface area contributed by atoms with Gasteiger partial charge in [-0.05, 0) is 19.3 Å². The van der Waals surface area contributed by atoms with Crippen LogP contribution in [-0.4, -0.2) is 19.2 Å². The van der Waals surface area contributed by atoms with Crippen molar-refractivity contribution >= 4 is 5.97 Å². The average Bonchev–Trinajstić information content (AvgIpc) is 2.01. The van der Waals surface area contributed by atoms with Crippen LogP contribution in [0.1, 0.15) is 32.6 Å². The molecule has 0 saturated carbocycles. The van der Waals surface area contributed by atoms with Crippen molar-refractivity contribution in [2.45, 2.75) is 32.6 Å². The first kappa shape index (κ1) is 10.4. The molecular formula is C8H15O3. The monoisotopic (exact) mass is 159 g/mol. The van der Waals surface area contributed by atoms with Crippen LogP contribution >= 0.6 is 0 Å². The van der Waals surface area contributed by atoms with Crippen LogP contribution in [0.3, 0.4) is 0 Å². The molecule has 0 fully saturated rings. The fraction of sp³-hybridized carbons (Fsp3) is 0.875. The highest BCUT2D eigenvalue weighted by molar-refractivity contribution is 5.69. The number of ether oxygens (including phenoxy) is 1. The summed E-state index contributed by atoms with van der Waals surface area (Å²) in [5, 5.41) is 9.97. The van der Waals surface area contributed by atoms with Gasteiger partial charge in [-0.1, -0.05) is 6.92 Å². The molecule has 0 spiro atoms. The lowest BCUT2D eigenvalue weighted by Crippen LogP contribution is -2.04. The van der Waals surface area contributed by atoms with Crippen molar-refractivity contribution in [2.24, 2.45) is 0 Å². The summed E-state index contributed by atoms with van der Waals surface area (Å²) in [6.07, 6.45) is 2.48. The number of esters is 1. The Morgan fingerprint density at radius 3 is 2.64 bits per heavy atom. The van der Waals surface area contributed by atoms with Gasteiger partial charge in [-0.2, -0.15) is 0 Å². The normalized spacial score (nSPS) is 9.64. The van der Waals surface area contributed by atoms with Crippen LogP contribution < -0.4 is 0 Å². The fourth-order valence-corrected chi connectivity index (χ4v) is 0.659. The van der Waals surface area contributed by atoms with Gasteiger partial charge in [0.25, 0.3) is 0 Å². The van der Waals surface area contributed by atoms with Gasteiger partial charge >= 0.3 is 5.97 Å². The minimum atomic E-state index is -0.180. The van der Waals surface area contributed by atoms with E-state index in [1.54, 1.807) is 0 Å². The molecule has 0 bridgehead atoms. The summed E-state index contributed by atoms with van der Waals surface area (Å²) in [7, 11) is 0. The Morgan fingerprint density at radius 1 is 1.36 bits per heavy atom. The van der Waals surface area contributed by atoms with Crippen LogP contribution in [0.25, 0.3) is 0 Å². The second-order valence-electron chi connectivity index (χ2n) is 2.38. The highest BCUT2D eigenvalue weighted by Crippen LogP contribution is 1.97. The summed E-state index contributed by atoms with van der Waals surface area (Å²) in [5.41, 5.74) is 0. The number of carbonyl (C=O) groups excluding carboxylic acids is 1. The molecule has 0 aliphatic carbocycles. The van der Waals surface area contributed by atoms with Crippen molar-refractivity contribution in [1.29, 1.82) is 0 Å². The lowest BCUT2D eigenvalue weighted by Gasteiger charge is -2.00. The van der Waals surface area contributed by atoms with Gasteiger partial charge in [0, 0.05) is 6.42 Å². The molecule has 0 amide bonds. The molecule has 0 atom stereocenters. The molecule has 0 rings (SSSR count). The number of unbranched alkanes of at least 4 members (excludes halogenated alkanes) is 1. The van der Waals surface area contributed by atoms with Gasteiger partial charge in [0.1, 0.15) is 0 Å². The minimum absolute atomic E-state index is 0.0962. The van der Waals surface area contributed by atoms with Gasteiger partial charge in [-0.25, -0.2) is 5.11 Å². The van der Waals surface area contributed by atoms with Gasteiger partial charge < -0.3 is 4.74 Å². The summed E-state index contributed by atoms with van der Waals surface area (Å²) in [4.78, 5) is 10.8. The average molecular weight is 159 g/mol. The molecule has 3 heteroatoms. The molecule has 3 nitrogen and oxygen atoms in total.